The Morgan fingerprint density at radius 1 is 1.31 bits per heavy atom. The van der Waals surface area contributed by atoms with E-state index in [1.807, 2.05) is 35.1 Å². The Kier molecular flexibility index (Phi) is 4.55. The third-order valence-corrected chi connectivity index (χ3v) is 5.63. The molecule has 1 amide bonds. The molecule has 1 N–H and O–H groups in total. The molecule has 8 heteroatoms. The lowest BCUT2D eigenvalue weighted by Gasteiger charge is -2.24. The van der Waals surface area contributed by atoms with Crippen LogP contribution in [0, 0.1) is 0 Å². The highest BCUT2D eigenvalue weighted by Gasteiger charge is 2.29. The lowest BCUT2D eigenvalue weighted by atomic mass is 10.0. The molecule has 0 unspecified atom stereocenters. The predicted octanol–water partition coefficient (Wildman–Crippen LogP) is 2.42. The first-order chi connectivity index (χ1) is 14.2. The van der Waals surface area contributed by atoms with Gasteiger partial charge in [0.15, 0.2) is 0 Å². The number of aryl methyl sites for hydroxylation is 1. The minimum Gasteiger partial charge on any atom is -0.497 e. The standard InChI is InChI=1S/C21H23N5O3/c1-28-15-6-4-5-14(9-15)26-19-12-29-11-17(16(19)10-23-26)24-21(27)20-18-7-2-3-8-25(18)13-22-20/h4-6,9-10,13,17H,2-3,7-8,11-12H2,1H3,(H,24,27)/t17-/m0/s1. The summed E-state index contributed by atoms with van der Waals surface area (Å²) in [5.74, 6) is 0.606. The zero-order valence-electron chi connectivity index (χ0n) is 16.3. The summed E-state index contributed by atoms with van der Waals surface area (Å²) < 4.78 is 15.0. The van der Waals surface area contributed by atoms with Crippen molar-refractivity contribution in [1.82, 2.24) is 24.6 Å². The van der Waals surface area contributed by atoms with Crippen molar-refractivity contribution in [1.29, 1.82) is 0 Å². The summed E-state index contributed by atoms with van der Waals surface area (Å²) in [7, 11) is 1.64. The number of aromatic nitrogens is 4. The third-order valence-electron chi connectivity index (χ3n) is 5.63. The zero-order chi connectivity index (χ0) is 19.8. The molecular formula is C21H23N5O3. The van der Waals surface area contributed by atoms with Crippen molar-refractivity contribution in [2.24, 2.45) is 0 Å². The lowest BCUT2D eigenvalue weighted by Crippen LogP contribution is -2.35. The van der Waals surface area contributed by atoms with E-state index in [9.17, 15) is 4.79 Å². The first kappa shape index (κ1) is 17.9. The number of nitrogens with zero attached hydrogens (tertiary/aromatic N) is 4. The second-order valence-corrected chi connectivity index (χ2v) is 7.39. The average molecular weight is 393 g/mol. The van der Waals surface area contributed by atoms with Crippen LogP contribution in [-0.2, 0) is 24.3 Å². The summed E-state index contributed by atoms with van der Waals surface area (Å²) in [5, 5.41) is 7.64. The van der Waals surface area contributed by atoms with Gasteiger partial charge < -0.3 is 19.4 Å². The SMILES string of the molecule is COc1cccc(-n2ncc3c2COC[C@@H]3NC(=O)c2ncn3c2CCCC3)c1. The number of carbonyl (C=O) groups is 1. The first-order valence-electron chi connectivity index (χ1n) is 9.88. The highest BCUT2D eigenvalue weighted by Crippen LogP contribution is 2.28. The molecule has 2 aromatic heterocycles. The van der Waals surface area contributed by atoms with Gasteiger partial charge in [-0.1, -0.05) is 6.07 Å². The molecule has 0 saturated carbocycles. The van der Waals surface area contributed by atoms with Gasteiger partial charge in [0, 0.05) is 18.2 Å². The maximum absolute atomic E-state index is 12.9. The summed E-state index contributed by atoms with van der Waals surface area (Å²) >= 11 is 0. The fraction of sp³-hybridized carbons (Fsp3) is 0.381. The Morgan fingerprint density at radius 3 is 3.14 bits per heavy atom. The number of methoxy groups -OCH3 is 1. The molecule has 2 aliphatic heterocycles. The summed E-state index contributed by atoms with van der Waals surface area (Å²) in [6, 6.07) is 7.45. The van der Waals surface area contributed by atoms with E-state index in [1.54, 1.807) is 13.4 Å². The van der Waals surface area contributed by atoms with Crippen LogP contribution in [0.25, 0.3) is 5.69 Å². The van der Waals surface area contributed by atoms with Crippen LogP contribution in [0.15, 0.2) is 36.8 Å². The Morgan fingerprint density at radius 2 is 2.24 bits per heavy atom. The Balaban J connectivity index is 1.41. The largest absolute Gasteiger partial charge is 0.497 e. The van der Waals surface area contributed by atoms with Crippen molar-refractivity contribution in [3.8, 4) is 11.4 Å². The number of rotatable bonds is 4. The molecule has 4 heterocycles. The number of hydrogen-bond acceptors (Lipinski definition) is 5. The molecule has 1 aromatic carbocycles. The van der Waals surface area contributed by atoms with Crippen LogP contribution in [0.1, 0.15) is 46.3 Å². The molecule has 5 rings (SSSR count). The Hall–Kier alpha value is -3.13. The van der Waals surface area contributed by atoms with Gasteiger partial charge in [0.2, 0.25) is 0 Å². The van der Waals surface area contributed by atoms with Crippen molar-refractivity contribution in [2.75, 3.05) is 13.7 Å². The zero-order valence-corrected chi connectivity index (χ0v) is 16.3. The van der Waals surface area contributed by atoms with Gasteiger partial charge in [-0.25, -0.2) is 9.67 Å². The number of ether oxygens (including phenoxy) is 2. The van der Waals surface area contributed by atoms with E-state index >= 15 is 0 Å². The predicted molar refractivity (Wildman–Crippen MR) is 105 cm³/mol. The van der Waals surface area contributed by atoms with Crippen LogP contribution >= 0.6 is 0 Å². The maximum atomic E-state index is 12.9. The normalized spacial score (nSPS) is 18.0. The molecule has 8 nitrogen and oxygen atoms in total. The van der Waals surface area contributed by atoms with Gasteiger partial charge in [0.05, 0.1) is 56.0 Å². The van der Waals surface area contributed by atoms with Gasteiger partial charge >= 0.3 is 0 Å². The highest BCUT2D eigenvalue weighted by atomic mass is 16.5. The summed E-state index contributed by atoms with van der Waals surface area (Å²) in [4.78, 5) is 17.3. The maximum Gasteiger partial charge on any atom is 0.272 e. The fourth-order valence-electron chi connectivity index (χ4n) is 4.12. The molecule has 0 saturated heterocycles. The number of amides is 1. The molecule has 0 spiro atoms. The van der Waals surface area contributed by atoms with E-state index in [1.165, 1.54) is 0 Å². The van der Waals surface area contributed by atoms with Crippen molar-refractivity contribution in [2.45, 2.75) is 38.5 Å². The van der Waals surface area contributed by atoms with E-state index in [4.69, 9.17) is 9.47 Å². The van der Waals surface area contributed by atoms with Crippen LogP contribution in [0.2, 0.25) is 0 Å². The molecule has 1 atom stereocenters. The minimum absolute atomic E-state index is 0.156. The minimum atomic E-state index is -0.258. The van der Waals surface area contributed by atoms with Crippen molar-refractivity contribution >= 4 is 5.91 Å². The van der Waals surface area contributed by atoms with Gasteiger partial charge in [-0.05, 0) is 31.4 Å². The average Bonchev–Trinajstić information content (AvgIpc) is 3.39. The van der Waals surface area contributed by atoms with Crippen LogP contribution in [0.3, 0.4) is 0 Å². The molecule has 3 aromatic rings. The van der Waals surface area contributed by atoms with Gasteiger partial charge in [0.1, 0.15) is 11.4 Å². The second-order valence-electron chi connectivity index (χ2n) is 7.39. The summed E-state index contributed by atoms with van der Waals surface area (Å²) in [5.41, 5.74) is 4.35. The first-order valence-corrected chi connectivity index (χ1v) is 9.88. The van der Waals surface area contributed by atoms with E-state index in [0.717, 1.165) is 54.2 Å². The van der Waals surface area contributed by atoms with E-state index in [0.29, 0.717) is 18.9 Å². The number of carbonyl (C=O) groups excluding carboxylic acids is 1. The van der Waals surface area contributed by atoms with E-state index in [-0.39, 0.29) is 11.9 Å². The molecule has 0 fully saturated rings. The topological polar surface area (TPSA) is 83.2 Å². The van der Waals surface area contributed by atoms with Crippen LogP contribution in [-0.4, -0.2) is 39.0 Å². The monoisotopic (exact) mass is 393 g/mol. The molecule has 29 heavy (non-hydrogen) atoms. The molecule has 0 bridgehead atoms. The number of nitrogens with one attached hydrogen (secondary N) is 1. The van der Waals surface area contributed by atoms with Crippen LogP contribution in [0.5, 0.6) is 5.75 Å². The molecule has 0 aliphatic carbocycles. The number of benzene rings is 1. The third kappa shape index (κ3) is 3.19. The quantitative estimate of drug-likeness (QED) is 0.736. The van der Waals surface area contributed by atoms with Gasteiger partial charge in [-0.2, -0.15) is 5.10 Å². The molecular weight excluding hydrogens is 370 g/mol. The van der Waals surface area contributed by atoms with Crippen molar-refractivity contribution in [3.05, 3.63) is 59.4 Å². The van der Waals surface area contributed by atoms with Gasteiger partial charge in [-0.15, -0.1) is 0 Å². The number of fused-ring (bicyclic) bond motifs is 2. The van der Waals surface area contributed by atoms with Crippen molar-refractivity contribution < 1.29 is 14.3 Å². The Labute approximate surface area is 168 Å². The number of imidazole rings is 1. The molecule has 0 radical (unpaired) electrons. The van der Waals surface area contributed by atoms with Gasteiger partial charge in [0.25, 0.3) is 5.91 Å². The van der Waals surface area contributed by atoms with E-state index < -0.39 is 0 Å². The Bertz CT molecular complexity index is 1050. The second kappa shape index (κ2) is 7.36. The van der Waals surface area contributed by atoms with E-state index in [2.05, 4.69) is 20.0 Å². The summed E-state index contributed by atoms with van der Waals surface area (Å²) in [6.07, 6.45) is 6.70. The van der Waals surface area contributed by atoms with Crippen molar-refractivity contribution in [3.63, 3.8) is 0 Å². The summed E-state index contributed by atoms with van der Waals surface area (Å²) in [6.45, 7) is 1.79. The molecule has 150 valence electrons. The fourth-order valence-corrected chi connectivity index (χ4v) is 4.12. The lowest BCUT2D eigenvalue weighted by molar-refractivity contribution is 0.0684. The molecule has 2 aliphatic rings. The van der Waals surface area contributed by atoms with Crippen LogP contribution < -0.4 is 10.1 Å². The highest BCUT2D eigenvalue weighted by molar-refractivity contribution is 5.93. The van der Waals surface area contributed by atoms with Gasteiger partial charge in [-0.3, -0.25) is 4.79 Å². The smallest absolute Gasteiger partial charge is 0.272 e. The number of hydrogen-bond donors (Lipinski definition) is 1. The van der Waals surface area contributed by atoms with Crippen LogP contribution in [0.4, 0.5) is 0 Å².